The van der Waals surface area contributed by atoms with Crippen molar-refractivity contribution in [1.82, 2.24) is 14.3 Å². The van der Waals surface area contributed by atoms with Gasteiger partial charge in [0, 0.05) is 24.2 Å². The Morgan fingerprint density at radius 3 is 2.22 bits per heavy atom. The maximum atomic E-state index is 13.4. The van der Waals surface area contributed by atoms with Gasteiger partial charge in [0.1, 0.15) is 23.2 Å². The van der Waals surface area contributed by atoms with E-state index in [2.05, 4.69) is 15.0 Å². The molecule has 37 heavy (non-hydrogen) atoms. The van der Waals surface area contributed by atoms with E-state index in [0.29, 0.717) is 29.7 Å². The van der Waals surface area contributed by atoms with Gasteiger partial charge in [0.05, 0.1) is 6.20 Å². The summed E-state index contributed by atoms with van der Waals surface area (Å²) < 4.78 is 29.8. The first-order chi connectivity index (χ1) is 17.8. The summed E-state index contributed by atoms with van der Waals surface area (Å²) in [7, 11) is -3.91. The molecule has 0 saturated heterocycles. The summed E-state index contributed by atoms with van der Waals surface area (Å²) in [5.41, 5.74) is 8.21. The largest absolute Gasteiger partial charge is 0.384 e. The fourth-order valence-electron chi connectivity index (χ4n) is 3.75. The van der Waals surface area contributed by atoms with Crippen LogP contribution in [0.4, 0.5) is 5.69 Å². The molecule has 190 valence electrons. The van der Waals surface area contributed by atoms with E-state index in [1.54, 1.807) is 48.5 Å². The first kappa shape index (κ1) is 25.8. The number of hydrogen-bond donors (Lipinski definition) is 4. The Kier molecular flexibility index (Phi) is 8.11. The fraction of sp³-hybridized carbons (Fsp3) is 0.148. The lowest BCUT2D eigenvalue weighted by molar-refractivity contribution is 0.566. The van der Waals surface area contributed by atoms with E-state index in [4.69, 9.17) is 11.1 Å². The number of nitrogens with one attached hydrogen (secondary N) is 3. The summed E-state index contributed by atoms with van der Waals surface area (Å²) in [6.45, 7) is 0.519. The molecular weight excluding hydrogens is 488 g/mol. The predicted octanol–water partition coefficient (Wildman–Crippen LogP) is 2.93. The smallest absolute Gasteiger partial charge is 0.278 e. The zero-order chi connectivity index (χ0) is 26.3. The summed E-state index contributed by atoms with van der Waals surface area (Å²) in [5, 5.41) is 10.6. The molecule has 4 aromatic rings. The number of benzene rings is 3. The first-order valence-electron chi connectivity index (χ1n) is 11.7. The van der Waals surface area contributed by atoms with Gasteiger partial charge >= 0.3 is 0 Å². The van der Waals surface area contributed by atoms with Crippen molar-refractivity contribution < 1.29 is 8.42 Å². The van der Waals surface area contributed by atoms with Gasteiger partial charge in [0.2, 0.25) is 10.0 Å². The van der Waals surface area contributed by atoms with Gasteiger partial charge < -0.3 is 11.1 Å². The Morgan fingerprint density at radius 1 is 0.919 bits per heavy atom. The molecule has 0 unspecified atom stereocenters. The molecule has 0 aliphatic heterocycles. The van der Waals surface area contributed by atoms with Crippen LogP contribution < -0.4 is 21.3 Å². The molecule has 0 amide bonds. The molecule has 10 heteroatoms. The van der Waals surface area contributed by atoms with Crippen molar-refractivity contribution in [3.63, 3.8) is 0 Å². The topological polar surface area (TPSA) is 143 Å². The lowest BCUT2D eigenvalue weighted by Crippen LogP contribution is -2.34. The zero-order valence-corrected chi connectivity index (χ0v) is 20.9. The number of sulfonamides is 1. The molecule has 5 N–H and O–H groups in total. The Bertz CT molecular complexity index is 1520. The molecule has 0 saturated carbocycles. The Labute approximate surface area is 215 Å². The van der Waals surface area contributed by atoms with Crippen molar-refractivity contribution >= 4 is 21.5 Å². The van der Waals surface area contributed by atoms with Gasteiger partial charge in [0.25, 0.3) is 5.56 Å². The Hall–Kier alpha value is -4.28. The molecule has 0 aliphatic rings. The summed E-state index contributed by atoms with van der Waals surface area (Å²) >= 11 is 0. The number of nitrogens with zero attached hydrogens (tertiary/aromatic N) is 2. The van der Waals surface area contributed by atoms with Gasteiger partial charge in [-0.05, 0) is 17.5 Å². The first-order valence-corrected chi connectivity index (χ1v) is 13.3. The SMILES string of the molecule is N=C(N)c1ccc(CNS(=O)(=O)Cn2c(-c3ccccc3)ncc(NCCc3ccccc3)c2=O)cc1. The van der Waals surface area contributed by atoms with Crippen LogP contribution in [0.15, 0.2) is 95.9 Å². The van der Waals surface area contributed by atoms with E-state index in [-0.39, 0.29) is 23.9 Å². The minimum Gasteiger partial charge on any atom is -0.384 e. The molecule has 3 aromatic carbocycles. The van der Waals surface area contributed by atoms with Gasteiger partial charge in [-0.1, -0.05) is 84.9 Å². The Balaban J connectivity index is 1.55. The lowest BCUT2D eigenvalue weighted by atomic mass is 10.1. The third-order valence-electron chi connectivity index (χ3n) is 5.71. The van der Waals surface area contributed by atoms with Gasteiger partial charge in [-0.25, -0.2) is 18.1 Å². The molecule has 0 radical (unpaired) electrons. The second kappa shape index (κ2) is 11.6. The van der Waals surface area contributed by atoms with Crippen LogP contribution in [0.2, 0.25) is 0 Å². The molecule has 1 heterocycles. The maximum Gasteiger partial charge on any atom is 0.278 e. The monoisotopic (exact) mass is 516 g/mol. The predicted molar refractivity (Wildman–Crippen MR) is 146 cm³/mol. The van der Waals surface area contributed by atoms with Crippen LogP contribution in [-0.2, 0) is 28.9 Å². The molecule has 0 spiro atoms. The highest BCUT2D eigenvalue weighted by molar-refractivity contribution is 7.88. The quantitative estimate of drug-likeness (QED) is 0.178. The van der Waals surface area contributed by atoms with Gasteiger partial charge in [-0.15, -0.1) is 0 Å². The highest BCUT2D eigenvalue weighted by Crippen LogP contribution is 2.17. The second-order valence-corrected chi connectivity index (χ2v) is 10.2. The molecule has 4 rings (SSSR count). The van der Waals surface area contributed by atoms with E-state index >= 15 is 0 Å². The van der Waals surface area contributed by atoms with Gasteiger partial charge in [-0.2, -0.15) is 0 Å². The molecule has 0 aliphatic carbocycles. The highest BCUT2D eigenvalue weighted by Gasteiger charge is 2.19. The number of rotatable bonds is 11. The minimum atomic E-state index is -3.91. The number of amidine groups is 1. The zero-order valence-electron chi connectivity index (χ0n) is 20.1. The number of hydrogen-bond acceptors (Lipinski definition) is 6. The molecule has 0 bridgehead atoms. The summed E-state index contributed by atoms with van der Waals surface area (Å²) in [5.74, 6) is -0.400. The Morgan fingerprint density at radius 2 is 1.57 bits per heavy atom. The van der Waals surface area contributed by atoms with E-state index in [9.17, 15) is 13.2 Å². The summed E-state index contributed by atoms with van der Waals surface area (Å²) in [6.07, 6.45) is 2.14. The average Bonchev–Trinajstić information content (AvgIpc) is 2.91. The number of anilines is 1. The van der Waals surface area contributed by atoms with Crippen molar-refractivity contribution in [3.05, 3.63) is 118 Å². The number of nitrogen functional groups attached to an aromatic ring is 1. The number of nitrogens with two attached hydrogens (primary N) is 1. The van der Waals surface area contributed by atoms with Gasteiger partial charge in [-0.3, -0.25) is 14.8 Å². The van der Waals surface area contributed by atoms with Crippen LogP contribution in [0, 0.1) is 5.41 Å². The normalized spacial score (nSPS) is 11.2. The average molecular weight is 517 g/mol. The van der Waals surface area contributed by atoms with Crippen LogP contribution in [0.3, 0.4) is 0 Å². The van der Waals surface area contributed by atoms with Crippen LogP contribution in [0.5, 0.6) is 0 Å². The summed E-state index contributed by atoms with van der Waals surface area (Å²) in [4.78, 5) is 17.8. The van der Waals surface area contributed by atoms with Crippen molar-refractivity contribution in [2.45, 2.75) is 18.8 Å². The molecule has 9 nitrogen and oxygen atoms in total. The van der Waals surface area contributed by atoms with Crippen LogP contribution >= 0.6 is 0 Å². The minimum absolute atomic E-state index is 0.0262. The van der Waals surface area contributed by atoms with Crippen molar-refractivity contribution in [2.75, 3.05) is 11.9 Å². The van der Waals surface area contributed by atoms with Gasteiger partial charge in [0.15, 0.2) is 0 Å². The van der Waals surface area contributed by atoms with E-state index < -0.39 is 21.5 Å². The summed E-state index contributed by atoms with van der Waals surface area (Å²) in [6, 6.07) is 25.5. The third kappa shape index (κ3) is 6.90. The molecule has 1 aromatic heterocycles. The standard InChI is InChI=1S/C27H28N6O3S/c28-25(29)22-13-11-21(12-14-22)17-32-37(35,36)19-33-26(23-9-5-2-6-10-23)31-18-24(27(33)34)30-16-15-20-7-3-1-4-8-20/h1-14,18,30,32H,15-17,19H2,(H3,28,29). The van der Waals surface area contributed by atoms with Crippen LogP contribution in [0.25, 0.3) is 11.4 Å². The molecular formula is C27H28N6O3S. The lowest BCUT2D eigenvalue weighted by Gasteiger charge is -2.15. The third-order valence-corrected chi connectivity index (χ3v) is 6.89. The van der Waals surface area contributed by atoms with E-state index in [1.807, 2.05) is 36.4 Å². The second-order valence-electron chi connectivity index (χ2n) is 8.43. The fourth-order valence-corrected chi connectivity index (χ4v) is 4.81. The number of aromatic nitrogens is 2. The molecule has 0 fully saturated rings. The molecule has 0 atom stereocenters. The van der Waals surface area contributed by atoms with Crippen molar-refractivity contribution in [2.24, 2.45) is 5.73 Å². The van der Waals surface area contributed by atoms with E-state index in [1.165, 1.54) is 10.8 Å². The maximum absolute atomic E-state index is 13.4. The van der Waals surface area contributed by atoms with Crippen LogP contribution in [0.1, 0.15) is 16.7 Å². The van der Waals surface area contributed by atoms with E-state index in [0.717, 1.165) is 5.56 Å². The highest BCUT2D eigenvalue weighted by atomic mass is 32.2. The van der Waals surface area contributed by atoms with Crippen molar-refractivity contribution in [1.29, 1.82) is 5.41 Å². The van der Waals surface area contributed by atoms with Crippen LogP contribution in [-0.4, -0.2) is 30.3 Å². The van der Waals surface area contributed by atoms with Crippen molar-refractivity contribution in [3.8, 4) is 11.4 Å².